The number of rotatable bonds is 2. The van der Waals surface area contributed by atoms with Gasteiger partial charge >= 0.3 is 0 Å². The molecule has 0 aliphatic heterocycles. The molecule has 19 heavy (non-hydrogen) atoms. The zero-order valence-electron chi connectivity index (χ0n) is 12.2. The molecule has 3 nitrogen and oxygen atoms in total. The van der Waals surface area contributed by atoms with E-state index in [2.05, 4.69) is 31.1 Å². The van der Waals surface area contributed by atoms with Gasteiger partial charge in [0.15, 0.2) is 0 Å². The summed E-state index contributed by atoms with van der Waals surface area (Å²) in [5, 5.41) is 3.11. The minimum atomic E-state index is -0.0296. The molecule has 2 rings (SSSR count). The van der Waals surface area contributed by atoms with Crippen molar-refractivity contribution < 1.29 is 4.79 Å². The molecule has 1 N–H and O–H groups in total. The van der Waals surface area contributed by atoms with Gasteiger partial charge in [0.25, 0.3) is 5.91 Å². The number of carbonyl (C=O) groups excluding carboxylic acids is 1. The average molecular weight is 260 g/mol. The molecule has 1 aliphatic carbocycles. The van der Waals surface area contributed by atoms with E-state index in [1.165, 1.54) is 19.3 Å². The van der Waals surface area contributed by atoms with Crippen molar-refractivity contribution in [2.24, 2.45) is 0 Å². The van der Waals surface area contributed by atoms with Crippen LogP contribution in [0.2, 0.25) is 0 Å². The van der Waals surface area contributed by atoms with Crippen LogP contribution in [-0.4, -0.2) is 16.9 Å². The first-order valence-electron chi connectivity index (χ1n) is 7.24. The summed E-state index contributed by atoms with van der Waals surface area (Å²) < 4.78 is 0. The summed E-state index contributed by atoms with van der Waals surface area (Å²) in [7, 11) is 0. The maximum atomic E-state index is 12.2. The zero-order valence-corrected chi connectivity index (χ0v) is 12.2. The third kappa shape index (κ3) is 3.79. The topological polar surface area (TPSA) is 42.0 Å². The highest BCUT2D eigenvalue weighted by molar-refractivity contribution is 5.92. The fourth-order valence-corrected chi connectivity index (χ4v) is 2.53. The molecule has 0 unspecified atom stereocenters. The fraction of sp³-hybridized carbons (Fsp3) is 0.625. The molecule has 3 heteroatoms. The van der Waals surface area contributed by atoms with Crippen LogP contribution in [0.15, 0.2) is 18.3 Å². The first kappa shape index (κ1) is 14.0. The van der Waals surface area contributed by atoms with Gasteiger partial charge in [0, 0.05) is 12.2 Å². The molecular weight excluding hydrogens is 236 g/mol. The summed E-state index contributed by atoms with van der Waals surface area (Å²) in [6.07, 6.45) is 7.68. The van der Waals surface area contributed by atoms with Crippen molar-refractivity contribution >= 4 is 5.91 Å². The summed E-state index contributed by atoms with van der Waals surface area (Å²) in [6.45, 7) is 6.43. The molecule has 1 aliphatic rings. The lowest BCUT2D eigenvalue weighted by molar-refractivity contribution is 0.0922. The number of nitrogens with one attached hydrogen (secondary N) is 1. The second-order valence-electron chi connectivity index (χ2n) is 6.49. The van der Waals surface area contributed by atoms with E-state index in [4.69, 9.17) is 0 Å². The number of carbonyl (C=O) groups is 1. The second kappa shape index (κ2) is 5.72. The third-order valence-electron chi connectivity index (χ3n) is 3.80. The van der Waals surface area contributed by atoms with E-state index in [-0.39, 0.29) is 11.3 Å². The predicted molar refractivity (Wildman–Crippen MR) is 77.3 cm³/mol. The summed E-state index contributed by atoms with van der Waals surface area (Å²) in [5.41, 5.74) is 1.73. The minimum Gasteiger partial charge on any atom is -0.348 e. The Morgan fingerprint density at radius 3 is 2.58 bits per heavy atom. The van der Waals surface area contributed by atoms with Gasteiger partial charge < -0.3 is 5.32 Å². The Morgan fingerprint density at radius 2 is 1.95 bits per heavy atom. The summed E-state index contributed by atoms with van der Waals surface area (Å²) in [4.78, 5) is 16.4. The lowest BCUT2D eigenvalue weighted by Gasteiger charge is -2.23. The Morgan fingerprint density at radius 1 is 1.26 bits per heavy atom. The van der Waals surface area contributed by atoms with Crippen molar-refractivity contribution in [2.75, 3.05) is 0 Å². The van der Waals surface area contributed by atoms with E-state index in [1.54, 1.807) is 6.20 Å². The number of hydrogen-bond donors (Lipinski definition) is 1. The maximum absolute atomic E-state index is 12.2. The van der Waals surface area contributed by atoms with Crippen LogP contribution in [0.3, 0.4) is 0 Å². The van der Waals surface area contributed by atoms with Gasteiger partial charge in [-0.25, -0.2) is 0 Å². The van der Waals surface area contributed by atoms with E-state index in [0.717, 1.165) is 18.4 Å². The van der Waals surface area contributed by atoms with Gasteiger partial charge in [-0.15, -0.1) is 0 Å². The van der Waals surface area contributed by atoms with Gasteiger partial charge in [-0.3, -0.25) is 9.78 Å². The number of nitrogens with zero attached hydrogens (tertiary/aromatic N) is 1. The van der Waals surface area contributed by atoms with Gasteiger partial charge in [-0.2, -0.15) is 0 Å². The third-order valence-corrected chi connectivity index (χ3v) is 3.80. The molecule has 1 amide bonds. The van der Waals surface area contributed by atoms with Crippen molar-refractivity contribution in [2.45, 2.75) is 64.3 Å². The van der Waals surface area contributed by atoms with E-state index >= 15 is 0 Å². The molecule has 1 aromatic heterocycles. The highest BCUT2D eigenvalue weighted by Gasteiger charge is 2.19. The van der Waals surface area contributed by atoms with Gasteiger partial charge in [0.1, 0.15) is 5.69 Å². The van der Waals surface area contributed by atoms with Crippen molar-refractivity contribution in [3.8, 4) is 0 Å². The van der Waals surface area contributed by atoms with Gasteiger partial charge in [-0.1, -0.05) is 40.0 Å². The van der Waals surface area contributed by atoms with Gasteiger partial charge in [0.2, 0.25) is 0 Å². The van der Waals surface area contributed by atoms with Gasteiger partial charge in [0.05, 0.1) is 0 Å². The molecule has 104 valence electrons. The van der Waals surface area contributed by atoms with Crippen LogP contribution in [0, 0.1) is 0 Å². The monoisotopic (exact) mass is 260 g/mol. The highest BCUT2D eigenvalue weighted by Crippen LogP contribution is 2.22. The van der Waals surface area contributed by atoms with Crippen molar-refractivity contribution in [1.29, 1.82) is 0 Å². The molecule has 0 atom stereocenters. The van der Waals surface area contributed by atoms with Gasteiger partial charge in [-0.05, 0) is 36.0 Å². The molecule has 1 saturated carbocycles. The van der Waals surface area contributed by atoms with Crippen LogP contribution < -0.4 is 5.32 Å². The number of aromatic nitrogens is 1. The molecule has 1 aromatic rings. The zero-order chi connectivity index (χ0) is 13.9. The average Bonchev–Trinajstić information content (AvgIpc) is 2.39. The predicted octanol–water partition coefficient (Wildman–Crippen LogP) is 3.44. The van der Waals surface area contributed by atoms with E-state index in [9.17, 15) is 4.79 Å². The van der Waals surface area contributed by atoms with Crippen molar-refractivity contribution in [1.82, 2.24) is 10.3 Å². The number of hydrogen-bond acceptors (Lipinski definition) is 2. The van der Waals surface area contributed by atoms with E-state index in [1.807, 2.05) is 12.1 Å². The fourth-order valence-electron chi connectivity index (χ4n) is 2.53. The minimum absolute atomic E-state index is 0.0296. The second-order valence-corrected chi connectivity index (χ2v) is 6.49. The molecule has 0 bridgehead atoms. The van der Waals surface area contributed by atoms with Crippen LogP contribution in [0.4, 0.5) is 0 Å². The summed E-state index contributed by atoms with van der Waals surface area (Å²) >= 11 is 0. The maximum Gasteiger partial charge on any atom is 0.270 e. The van der Waals surface area contributed by atoms with Crippen LogP contribution in [0.1, 0.15) is 68.9 Å². The Bertz CT molecular complexity index is 442. The summed E-state index contributed by atoms with van der Waals surface area (Å²) in [6, 6.07) is 4.23. The molecule has 1 heterocycles. The van der Waals surface area contributed by atoms with Crippen molar-refractivity contribution in [3.63, 3.8) is 0 Å². The van der Waals surface area contributed by atoms with Crippen LogP contribution in [-0.2, 0) is 5.41 Å². The normalized spacial score (nSPS) is 17.2. The highest BCUT2D eigenvalue weighted by atomic mass is 16.1. The lowest BCUT2D eigenvalue weighted by Crippen LogP contribution is -2.36. The standard InChI is InChI=1S/C16H24N2O/c1-16(2,3)12-9-10-17-14(11-12)15(19)18-13-7-5-4-6-8-13/h9-11,13H,4-8H2,1-3H3,(H,18,19). The Kier molecular flexibility index (Phi) is 4.23. The molecule has 0 aromatic carbocycles. The smallest absolute Gasteiger partial charge is 0.270 e. The quantitative estimate of drug-likeness (QED) is 0.885. The number of pyridine rings is 1. The van der Waals surface area contributed by atoms with Crippen LogP contribution in [0.25, 0.3) is 0 Å². The molecule has 0 radical (unpaired) electrons. The number of amides is 1. The lowest BCUT2D eigenvalue weighted by atomic mass is 9.87. The van der Waals surface area contributed by atoms with E-state index < -0.39 is 0 Å². The van der Waals surface area contributed by atoms with E-state index in [0.29, 0.717) is 11.7 Å². The molecule has 0 spiro atoms. The first-order valence-corrected chi connectivity index (χ1v) is 7.24. The molecule has 0 saturated heterocycles. The van der Waals surface area contributed by atoms with Crippen molar-refractivity contribution in [3.05, 3.63) is 29.6 Å². The molecule has 1 fully saturated rings. The largest absolute Gasteiger partial charge is 0.348 e. The Hall–Kier alpha value is -1.38. The summed E-state index contributed by atoms with van der Waals surface area (Å²) in [5.74, 6) is -0.0296. The molecular formula is C16H24N2O. The Labute approximate surface area is 115 Å². The Balaban J connectivity index is 2.06. The first-order chi connectivity index (χ1) is 8.97. The van der Waals surface area contributed by atoms with Crippen LogP contribution >= 0.6 is 0 Å². The van der Waals surface area contributed by atoms with Crippen LogP contribution in [0.5, 0.6) is 0 Å². The SMILES string of the molecule is CC(C)(C)c1ccnc(C(=O)NC2CCCCC2)c1.